The number of thiazole rings is 1. The molecule has 3 aromatic rings. The van der Waals surface area contributed by atoms with Crippen LogP contribution in [0.1, 0.15) is 22.1 Å². The third kappa shape index (κ3) is 2.78. The second-order valence-electron chi connectivity index (χ2n) is 5.76. The number of nitrogens with zero attached hydrogens (tertiary/aromatic N) is 1. The number of aryl methyl sites for hydroxylation is 1. The Balaban J connectivity index is 1.59. The van der Waals surface area contributed by atoms with Crippen LogP contribution in [0, 0.1) is 0 Å². The molecule has 0 atom stereocenters. The van der Waals surface area contributed by atoms with Crippen molar-refractivity contribution in [3.8, 4) is 0 Å². The van der Waals surface area contributed by atoms with Crippen molar-refractivity contribution in [2.75, 3.05) is 0 Å². The van der Waals surface area contributed by atoms with E-state index in [-0.39, 0.29) is 0 Å². The molecule has 1 aliphatic rings. The molecule has 23 heavy (non-hydrogen) atoms. The highest BCUT2D eigenvalue weighted by molar-refractivity contribution is 7.18. The Labute approximate surface area is 140 Å². The van der Waals surface area contributed by atoms with Crippen LogP contribution in [0.5, 0.6) is 0 Å². The maximum absolute atomic E-state index is 2.25. The first-order chi connectivity index (χ1) is 11.3. The smallest absolute Gasteiger partial charge is 0.185 e. The molecule has 0 aliphatic heterocycles. The molecule has 0 amide bonds. The average molecular weight is 316 g/mol. The number of hydrogen-bond acceptors (Lipinski definition) is 1. The van der Waals surface area contributed by atoms with Crippen LogP contribution in [0.25, 0.3) is 22.4 Å². The van der Waals surface area contributed by atoms with E-state index in [4.69, 9.17) is 0 Å². The summed E-state index contributed by atoms with van der Waals surface area (Å²) in [4.78, 5) is 0. The third-order valence-corrected chi connectivity index (χ3v) is 5.44. The topological polar surface area (TPSA) is 3.88 Å². The molecule has 0 N–H and O–H groups in total. The lowest BCUT2D eigenvalue weighted by molar-refractivity contribution is -0.642. The molecule has 2 heteroatoms. The Morgan fingerprint density at radius 3 is 2.39 bits per heavy atom. The van der Waals surface area contributed by atoms with Crippen LogP contribution in [0.4, 0.5) is 0 Å². The molecule has 2 aromatic carbocycles. The lowest BCUT2D eigenvalue weighted by Crippen LogP contribution is -2.28. The monoisotopic (exact) mass is 316 g/mol. The SMILES string of the molecule is C[n+]1c(/C=C/c2ccc(C3C=CC=C3)cc2)sc2ccccc21. The van der Waals surface area contributed by atoms with Gasteiger partial charge in [0.25, 0.3) is 5.01 Å². The van der Waals surface area contributed by atoms with Crippen molar-refractivity contribution >= 4 is 33.7 Å². The summed E-state index contributed by atoms with van der Waals surface area (Å²) in [5, 5.41) is 1.26. The molecule has 0 bridgehead atoms. The van der Waals surface area contributed by atoms with Crippen LogP contribution < -0.4 is 4.57 Å². The van der Waals surface area contributed by atoms with Gasteiger partial charge in [-0.15, -0.1) is 0 Å². The van der Waals surface area contributed by atoms with E-state index in [0.29, 0.717) is 5.92 Å². The Kier molecular flexibility index (Phi) is 3.68. The van der Waals surface area contributed by atoms with Gasteiger partial charge in [0, 0.05) is 18.1 Å². The zero-order valence-corrected chi connectivity index (χ0v) is 13.8. The fraction of sp³-hybridized carbons (Fsp3) is 0.0952. The van der Waals surface area contributed by atoms with E-state index in [9.17, 15) is 0 Å². The van der Waals surface area contributed by atoms with Gasteiger partial charge in [-0.05, 0) is 23.3 Å². The number of fused-ring (bicyclic) bond motifs is 1. The molecule has 1 aromatic heterocycles. The number of aromatic nitrogens is 1. The van der Waals surface area contributed by atoms with Crippen molar-refractivity contribution in [1.29, 1.82) is 0 Å². The van der Waals surface area contributed by atoms with Gasteiger partial charge in [0.15, 0.2) is 0 Å². The molecule has 0 radical (unpaired) electrons. The van der Waals surface area contributed by atoms with E-state index in [1.165, 1.54) is 26.4 Å². The van der Waals surface area contributed by atoms with Gasteiger partial charge in [-0.1, -0.05) is 72.0 Å². The lowest BCUT2D eigenvalue weighted by atomic mass is 9.99. The average Bonchev–Trinajstić information content (AvgIpc) is 3.23. The van der Waals surface area contributed by atoms with E-state index in [0.717, 1.165) is 0 Å². The van der Waals surface area contributed by atoms with Crippen LogP contribution in [-0.4, -0.2) is 0 Å². The molecule has 0 unspecified atom stereocenters. The summed E-state index contributed by atoms with van der Waals surface area (Å²) < 4.78 is 3.57. The summed E-state index contributed by atoms with van der Waals surface area (Å²) in [6, 6.07) is 17.3. The van der Waals surface area contributed by atoms with E-state index in [1.54, 1.807) is 0 Å². The highest BCUT2D eigenvalue weighted by Gasteiger charge is 2.13. The predicted molar refractivity (Wildman–Crippen MR) is 99.4 cm³/mol. The van der Waals surface area contributed by atoms with Gasteiger partial charge in [-0.25, -0.2) is 0 Å². The number of rotatable bonds is 3. The molecule has 1 heterocycles. The van der Waals surface area contributed by atoms with Gasteiger partial charge in [-0.3, -0.25) is 0 Å². The van der Waals surface area contributed by atoms with Crippen molar-refractivity contribution < 1.29 is 4.57 Å². The van der Waals surface area contributed by atoms with E-state index >= 15 is 0 Å². The molecule has 1 aliphatic carbocycles. The number of para-hydroxylation sites is 1. The van der Waals surface area contributed by atoms with Crippen LogP contribution in [0.2, 0.25) is 0 Å². The Morgan fingerprint density at radius 1 is 0.913 bits per heavy atom. The molecular weight excluding hydrogens is 298 g/mol. The molecule has 0 fully saturated rings. The minimum absolute atomic E-state index is 0.438. The van der Waals surface area contributed by atoms with Crippen molar-refractivity contribution in [2.24, 2.45) is 7.05 Å². The van der Waals surface area contributed by atoms with Crippen LogP contribution in [0.3, 0.4) is 0 Å². The minimum Gasteiger partial charge on any atom is -0.185 e. The number of hydrogen-bond donors (Lipinski definition) is 0. The zero-order chi connectivity index (χ0) is 15.6. The highest BCUT2D eigenvalue weighted by atomic mass is 32.1. The summed E-state index contributed by atoms with van der Waals surface area (Å²) in [6.45, 7) is 0. The van der Waals surface area contributed by atoms with Gasteiger partial charge < -0.3 is 0 Å². The second kappa shape index (κ2) is 5.98. The largest absolute Gasteiger partial charge is 0.262 e. The molecule has 0 saturated heterocycles. The molecule has 4 rings (SSSR count). The summed E-state index contributed by atoms with van der Waals surface area (Å²) in [5.74, 6) is 0.438. The van der Waals surface area contributed by atoms with Gasteiger partial charge >= 0.3 is 0 Å². The molecule has 0 saturated carbocycles. The van der Waals surface area contributed by atoms with Crippen LogP contribution in [-0.2, 0) is 7.05 Å². The summed E-state index contributed by atoms with van der Waals surface area (Å²) >= 11 is 1.82. The first-order valence-electron chi connectivity index (χ1n) is 7.82. The van der Waals surface area contributed by atoms with E-state index in [2.05, 4.69) is 96.6 Å². The molecule has 112 valence electrons. The third-order valence-electron chi connectivity index (χ3n) is 4.26. The second-order valence-corrected chi connectivity index (χ2v) is 6.82. The van der Waals surface area contributed by atoms with Crippen LogP contribution in [0.15, 0.2) is 72.8 Å². The predicted octanol–water partition coefficient (Wildman–Crippen LogP) is 5.11. The van der Waals surface area contributed by atoms with Crippen molar-refractivity contribution in [1.82, 2.24) is 0 Å². The van der Waals surface area contributed by atoms with E-state index < -0.39 is 0 Å². The van der Waals surface area contributed by atoms with Crippen molar-refractivity contribution in [2.45, 2.75) is 5.92 Å². The normalized spacial score (nSPS) is 14.5. The van der Waals surface area contributed by atoms with E-state index in [1.807, 2.05) is 11.3 Å². The first kappa shape index (κ1) is 14.2. The summed E-state index contributed by atoms with van der Waals surface area (Å²) in [5.41, 5.74) is 3.86. The quantitative estimate of drug-likeness (QED) is 0.591. The van der Waals surface area contributed by atoms with Gasteiger partial charge in [0.1, 0.15) is 11.7 Å². The van der Waals surface area contributed by atoms with Gasteiger partial charge in [0.05, 0.1) is 0 Å². The Bertz CT molecular complexity index is 914. The first-order valence-corrected chi connectivity index (χ1v) is 8.63. The summed E-state index contributed by atoms with van der Waals surface area (Å²) in [6.07, 6.45) is 13.1. The fourth-order valence-electron chi connectivity index (χ4n) is 2.92. The Hall–Kier alpha value is -2.45. The van der Waals surface area contributed by atoms with Crippen LogP contribution >= 0.6 is 11.3 Å². The maximum Gasteiger partial charge on any atom is 0.262 e. The Morgan fingerprint density at radius 2 is 1.65 bits per heavy atom. The van der Waals surface area contributed by atoms with Gasteiger partial charge in [0.2, 0.25) is 5.52 Å². The van der Waals surface area contributed by atoms with Crippen molar-refractivity contribution in [3.63, 3.8) is 0 Å². The van der Waals surface area contributed by atoms with Gasteiger partial charge in [-0.2, -0.15) is 4.57 Å². The molecule has 1 nitrogen and oxygen atoms in total. The lowest BCUT2D eigenvalue weighted by Gasteiger charge is -2.05. The minimum atomic E-state index is 0.438. The zero-order valence-electron chi connectivity index (χ0n) is 13.0. The maximum atomic E-state index is 2.25. The summed E-state index contributed by atoms with van der Waals surface area (Å²) in [7, 11) is 2.13. The molecular formula is C21H18NS+. The fourth-order valence-corrected chi connectivity index (χ4v) is 3.97. The molecule has 0 spiro atoms. The van der Waals surface area contributed by atoms with Crippen molar-refractivity contribution in [3.05, 3.63) is 89.0 Å². The highest BCUT2D eigenvalue weighted by Crippen LogP contribution is 2.24. The number of benzene rings is 2. The standard InChI is InChI=1S/C21H18NS/c1-22-19-8-4-5-9-20(19)23-21(22)15-12-16-10-13-18(14-11-16)17-6-2-3-7-17/h2-15,17H,1H3/q+1/b15-12+. The number of allylic oxidation sites excluding steroid dienone is 4.